The smallest absolute Gasteiger partial charge is 0.264 e. The number of benzene rings is 2. The van der Waals surface area contributed by atoms with Crippen LogP contribution < -0.4 is 19.1 Å². The van der Waals surface area contributed by atoms with Gasteiger partial charge >= 0.3 is 0 Å². The number of carbonyl (C=O) groups excluding carboxylic acids is 1. The maximum atomic E-state index is 13.5. The molecule has 0 atom stereocenters. The van der Waals surface area contributed by atoms with Crippen molar-refractivity contribution in [2.24, 2.45) is 5.92 Å². The van der Waals surface area contributed by atoms with Crippen molar-refractivity contribution in [1.29, 1.82) is 0 Å². The number of halogens is 1. The van der Waals surface area contributed by atoms with Crippen LogP contribution in [0.3, 0.4) is 0 Å². The molecule has 1 N–H and O–H groups in total. The molecule has 0 bridgehead atoms. The number of carbonyl (C=O) groups is 1. The molecule has 3 rings (SSSR count). The monoisotopic (exact) mass is 464 g/mol. The van der Waals surface area contributed by atoms with Crippen LogP contribution in [0.25, 0.3) is 0 Å². The van der Waals surface area contributed by atoms with Crippen molar-refractivity contribution in [3.63, 3.8) is 0 Å². The molecule has 0 heterocycles. The summed E-state index contributed by atoms with van der Waals surface area (Å²) in [7, 11) is -1.29. The first-order valence-electron chi connectivity index (χ1n) is 10.6. The van der Waals surface area contributed by atoms with Crippen LogP contribution in [0.4, 0.5) is 10.1 Å². The van der Waals surface area contributed by atoms with Gasteiger partial charge in [-0.25, -0.2) is 12.8 Å². The van der Waals surface area contributed by atoms with Crippen LogP contribution in [0.1, 0.15) is 32.1 Å². The van der Waals surface area contributed by atoms with Crippen LogP contribution in [0.15, 0.2) is 47.4 Å². The molecule has 0 unspecified atom stereocenters. The Morgan fingerprint density at radius 1 is 1.03 bits per heavy atom. The van der Waals surface area contributed by atoms with Crippen molar-refractivity contribution < 1.29 is 27.1 Å². The predicted molar refractivity (Wildman–Crippen MR) is 120 cm³/mol. The fourth-order valence-corrected chi connectivity index (χ4v) is 5.30. The molecule has 2 aromatic carbocycles. The van der Waals surface area contributed by atoms with E-state index >= 15 is 0 Å². The second-order valence-corrected chi connectivity index (χ2v) is 9.68. The van der Waals surface area contributed by atoms with E-state index in [1.165, 1.54) is 51.0 Å². The quantitative estimate of drug-likeness (QED) is 0.611. The van der Waals surface area contributed by atoms with Crippen LogP contribution in [-0.2, 0) is 14.8 Å². The van der Waals surface area contributed by atoms with E-state index in [2.05, 4.69) is 5.32 Å². The molecular formula is C23H29FN2O5S. The highest BCUT2D eigenvalue weighted by Gasteiger charge is 2.28. The van der Waals surface area contributed by atoms with E-state index in [4.69, 9.17) is 9.47 Å². The molecule has 1 aliphatic rings. The maximum Gasteiger partial charge on any atom is 0.264 e. The standard InChI is InChI=1S/C23H29FN2O5S/c1-30-21-13-12-20(14-22(21)31-2)32(28,29)26(19-10-8-18(24)9-11-19)16-23(27)25-15-17-6-4-3-5-7-17/h8-14,17H,3-7,15-16H2,1-2H3,(H,25,27). The van der Waals surface area contributed by atoms with Gasteiger partial charge in [-0.15, -0.1) is 0 Å². The Kier molecular flexibility index (Phi) is 7.95. The zero-order chi connectivity index (χ0) is 23.1. The Morgan fingerprint density at radius 3 is 2.31 bits per heavy atom. The van der Waals surface area contributed by atoms with E-state index in [1.807, 2.05) is 0 Å². The lowest BCUT2D eigenvalue weighted by molar-refractivity contribution is -0.119. The number of ether oxygens (including phenoxy) is 2. The van der Waals surface area contributed by atoms with Crippen molar-refractivity contribution in [1.82, 2.24) is 5.32 Å². The molecule has 1 fully saturated rings. The fraction of sp³-hybridized carbons (Fsp3) is 0.435. The minimum atomic E-state index is -4.15. The number of hydrogen-bond donors (Lipinski definition) is 1. The third-order valence-electron chi connectivity index (χ3n) is 5.66. The average molecular weight is 465 g/mol. The van der Waals surface area contributed by atoms with Crippen LogP contribution in [0, 0.1) is 11.7 Å². The van der Waals surface area contributed by atoms with E-state index in [9.17, 15) is 17.6 Å². The number of sulfonamides is 1. The number of hydrogen-bond acceptors (Lipinski definition) is 5. The van der Waals surface area contributed by atoms with Crippen molar-refractivity contribution >= 4 is 21.6 Å². The highest BCUT2D eigenvalue weighted by Crippen LogP contribution is 2.32. The summed E-state index contributed by atoms with van der Waals surface area (Å²) in [4.78, 5) is 12.6. The lowest BCUT2D eigenvalue weighted by Gasteiger charge is -2.26. The minimum absolute atomic E-state index is 0.0699. The predicted octanol–water partition coefficient (Wildman–Crippen LogP) is 3.73. The van der Waals surface area contributed by atoms with Gasteiger partial charge in [0.2, 0.25) is 5.91 Å². The van der Waals surface area contributed by atoms with Gasteiger partial charge in [-0.3, -0.25) is 9.10 Å². The van der Waals surface area contributed by atoms with E-state index in [1.54, 1.807) is 0 Å². The average Bonchev–Trinajstić information content (AvgIpc) is 2.82. The first kappa shape index (κ1) is 23.8. The molecule has 0 spiro atoms. The fourth-order valence-electron chi connectivity index (χ4n) is 3.86. The van der Waals surface area contributed by atoms with E-state index in [0.29, 0.717) is 18.2 Å². The van der Waals surface area contributed by atoms with Gasteiger partial charge < -0.3 is 14.8 Å². The lowest BCUT2D eigenvalue weighted by Crippen LogP contribution is -2.42. The van der Waals surface area contributed by atoms with E-state index < -0.39 is 28.3 Å². The normalized spacial score (nSPS) is 14.6. The van der Waals surface area contributed by atoms with Gasteiger partial charge in [0, 0.05) is 12.6 Å². The number of rotatable bonds is 9. The molecule has 2 aromatic rings. The molecule has 7 nitrogen and oxygen atoms in total. The summed E-state index contributed by atoms with van der Waals surface area (Å²) in [6.07, 6.45) is 5.63. The van der Waals surface area contributed by atoms with Crippen molar-refractivity contribution in [3.05, 3.63) is 48.3 Å². The Hall–Kier alpha value is -2.81. The van der Waals surface area contributed by atoms with Crippen LogP contribution in [-0.4, -0.2) is 41.6 Å². The Morgan fingerprint density at radius 2 is 1.69 bits per heavy atom. The summed E-state index contributed by atoms with van der Waals surface area (Å²) in [6, 6.07) is 9.19. The minimum Gasteiger partial charge on any atom is -0.493 e. The molecule has 0 radical (unpaired) electrons. The highest BCUT2D eigenvalue weighted by atomic mass is 32.2. The first-order chi connectivity index (χ1) is 15.3. The zero-order valence-electron chi connectivity index (χ0n) is 18.3. The largest absolute Gasteiger partial charge is 0.493 e. The van der Waals surface area contributed by atoms with E-state index in [-0.39, 0.29) is 16.3 Å². The van der Waals surface area contributed by atoms with Gasteiger partial charge in [-0.1, -0.05) is 19.3 Å². The number of anilines is 1. The van der Waals surface area contributed by atoms with Gasteiger partial charge in [0.05, 0.1) is 24.8 Å². The van der Waals surface area contributed by atoms with Gasteiger partial charge in [0.25, 0.3) is 10.0 Å². The van der Waals surface area contributed by atoms with Crippen molar-refractivity contribution in [3.8, 4) is 11.5 Å². The third kappa shape index (κ3) is 5.70. The first-order valence-corrected chi connectivity index (χ1v) is 12.1. The van der Waals surface area contributed by atoms with E-state index in [0.717, 1.165) is 42.1 Å². The van der Waals surface area contributed by atoms with Crippen molar-refractivity contribution in [2.75, 3.05) is 31.6 Å². The second-order valence-electron chi connectivity index (χ2n) is 7.81. The Labute approximate surface area is 188 Å². The molecule has 0 saturated heterocycles. The van der Waals surface area contributed by atoms with Gasteiger partial charge in [-0.05, 0) is 55.2 Å². The Balaban J connectivity index is 1.86. The Bertz CT molecular complexity index is 1020. The summed E-state index contributed by atoms with van der Waals surface area (Å²) in [5, 5.41) is 2.86. The number of amides is 1. The third-order valence-corrected chi connectivity index (χ3v) is 7.43. The molecule has 174 valence electrons. The number of nitrogens with zero attached hydrogens (tertiary/aromatic N) is 1. The summed E-state index contributed by atoms with van der Waals surface area (Å²) in [5.74, 6) is 0.122. The molecule has 1 amide bonds. The molecule has 9 heteroatoms. The van der Waals surface area contributed by atoms with Crippen molar-refractivity contribution in [2.45, 2.75) is 37.0 Å². The molecular weight excluding hydrogens is 435 g/mol. The topological polar surface area (TPSA) is 84.9 Å². The summed E-state index contributed by atoms with van der Waals surface area (Å²) >= 11 is 0. The van der Waals surface area contributed by atoms with Crippen LogP contribution >= 0.6 is 0 Å². The highest BCUT2D eigenvalue weighted by molar-refractivity contribution is 7.92. The summed E-state index contributed by atoms with van der Waals surface area (Å²) < 4.78 is 51.8. The van der Waals surface area contributed by atoms with Gasteiger partial charge in [0.1, 0.15) is 12.4 Å². The summed E-state index contributed by atoms with van der Waals surface area (Å²) in [5.41, 5.74) is 0.189. The SMILES string of the molecule is COc1ccc(S(=O)(=O)N(CC(=O)NCC2CCCCC2)c2ccc(F)cc2)cc1OC. The second kappa shape index (κ2) is 10.7. The molecule has 32 heavy (non-hydrogen) atoms. The zero-order valence-corrected chi connectivity index (χ0v) is 19.2. The molecule has 0 aliphatic heterocycles. The number of methoxy groups -OCH3 is 2. The number of nitrogens with one attached hydrogen (secondary N) is 1. The molecule has 1 aliphatic carbocycles. The lowest BCUT2D eigenvalue weighted by atomic mass is 9.89. The molecule has 0 aromatic heterocycles. The maximum absolute atomic E-state index is 13.5. The van der Waals surface area contributed by atoms with Gasteiger partial charge in [-0.2, -0.15) is 0 Å². The van der Waals surface area contributed by atoms with Crippen LogP contribution in [0.2, 0.25) is 0 Å². The summed E-state index contributed by atoms with van der Waals surface area (Å²) in [6.45, 7) is 0.0987. The molecule has 1 saturated carbocycles. The van der Waals surface area contributed by atoms with Crippen LogP contribution in [0.5, 0.6) is 11.5 Å². The van der Waals surface area contributed by atoms with Gasteiger partial charge in [0.15, 0.2) is 11.5 Å².